The second-order valence-electron chi connectivity index (χ2n) is 3.99. The van der Waals surface area contributed by atoms with Crippen LogP contribution in [0, 0.1) is 10.1 Å². The van der Waals surface area contributed by atoms with Crippen molar-refractivity contribution in [1.82, 2.24) is 9.78 Å². The third-order valence-corrected chi connectivity index (χ3v) is 2.69. The van der Waals surface area contributed by atoms with Gasteiger partial charge in [-0.3, -0.25) is 14.8 Å². The summed E-state index contributed by atoms with van der Waals surface area (Å²) in [6.45, 7) is 0.179. The van der Waals surface area contributed by atoms with Crippen LogP contribution in [0.15, 0.2) is 30.6 Å². The monoisotopic (exact) mass is 277 g/mol. The Labute approximate surface area is 113 Å². The van der Waals surface area contributed by atoms with Crippen molar-refractivity contribution in [2.45, 2.75) is 6.54 Å². The molecule has 1 N–H and O–H groups in total. The minimum atomic E-state index is -1.06. The molecule has 0 spiro atoms. The molecule has 8 heteroatoms. The maximum absolute atomic E-state index is 10.9. The van der Waals surface area contributed by atoms with Crippen LogP contribution in [0.1, 0.15) is 15.9 Å². The van der Waals surface area contributed by atoms with E-state index in [1.165, 1.54) is 36.2 Å². The molecule has 0 amide bonds. The molecule has 0 saturated heterocycles. The number of hydrogen-bond donors (Lipinski definition) is 1. The van der Waals surface area contributed by atoms with Gasteiger partial charge in [-0.2, -0.15) is 5.10 Å². The van der Waals surface area contributed by atoms with Crippen LogP contribution in [-0.2, 0) is 6.54 Å². The zero-order valence-electron chi connectivity index (χ0n) is 10.5. The molecule has 2 aromatic rings. The summed E-state index contributed by atoms with van der Waals surface area (Å²) in [5.74, 6) is -0.562. The third-order valence-electron chi connectivity index (χ3n) is 2.69. The molecule has 0 aliphatic heterocycles. The molecule has 1 aromatic heterocycles. The standard InChI is InChI=1S/C12H11N3O5/c1-20-11-3-2-8(12(16)17)4-9(11)6-14-7-10(5-13-14)15(18)19/h2-5,7H,6H2,1H3,(H,16,17). The summed E-state index contributed by atoms with van der Waals surface area (Å²) in [6, 6.07) is 4.42. The number of rotatable bonds is 5. The molecule has 0 bridgehead atoms. The SMILES string of the molecule is COc1ccc(C(=O)O)cc1Cn1cc([N+](=O)[O-])cn1. The highest BCUT2D eigenvalue weighted by Crippen LogP contribution is 2.21. The predicted octanol–water partition coefficient (Wildman–Crippen LogP) is 1.55. The van der Waals surface area contributed by atoms with Crippen molar-refractivity contribution < 1.29 is 19.6 Å². The van der Waals surface area contributed by atoms with E-state index in [1.54, 1.807) is 0 Å². The maximum Gasteiger partial charge on any atom is 0.335 e. The van der Waals surface area contributed by atoms with Crippen LogP contribution in [0.5, 0.6) is 5.75 Å². The van der Waals surface area contributed by atoms with E-state index in [4.69, 9.17) is 9.84 Å². The molecular formula is C12H11N3O5. The summed E-state index contributed by atoms with van der Waals surface area (Å²) in [4.78, 5) is 21.0. The van der Waals surface area contributed by atoms with Crippen molar-refractivity contribution in [2.24, 2.45) is 0 Å². The van der Waals surface area contributed by atoms with E-state index >= 15 is 0 Å². The van der Waals surface area contributed by atoms with Gasteiger partial charge in [-0.15, -0.1) is 0 Å². The van der Waals surface area contributed by atoms with E-state index in [1.807, 2.05) is 0 Å². The van der Waals surface area contributed by atoms with Gasteiger partial charge in [0.2, 0.25) is 0 Å². The van der Waals surface area contributed by atoms with E-state index in [9.17, 15) is 14.9 Å². The van der Waals surface area contributed by atoms with Crippen LogP contribution in [0.4, 0.5) is 5.69 Å². The lowest BCUT2D eigenvalue weighted by Crippen LogP contribution is -2.05. The molecule has 8 nitrogen and oxygen atoms in total. The second kappa shape index (κ2) is 5.39. The van der Waals surface area contributed by atoms with Crippen LogP contribution < -0.4 is 4.74 Å². The molecule has 0 radical (unpaired) electrons. The highest BCUT2D eigenvalue weighted by Gasteiger charge is 2.13. The number of aromatic nitrogens is 2. The Morgan fingerprint density at radius 1 is 1.55 bits per heavy atom. The zero-order valence-corrected chi connectivity index (χ0v) is 10.5. The highest BCUT2D eigenvalue weighted by molar-refractivity contribution is 5.88. The van der Waals surface area contributed by atoms with Gasteiger partial charge in [-0.05, 0) is 18.2 Å². The predicted molar refractivity (Wildman–Crippen MR) is 67.9 cm³/mol. The summed E-state index contributed by atoms with van der Waals surface area (Å²) >= 11 is 0. The number of methoxy groups -OCH3 is 1. The largest absolute Gasteiger partial charge is 0.496 e. The average Bonchev–Trinajstić information content (AvgIpc) is 2.87. The molecule has 0 aliphatic carbocycles. The molecule has 0 unspecified atom stereocenters. The number of ether oxygens (including phenoxy) is 1. The number of nitro groups is 1. The van der Waals surface area contributed by atoms with Gasteiger partial charge in [0, 0.05) is 5.56 Å². The number of carbonyl (C=O) groups is 1. The molecule has 0 saturated carbocycles. The lowest BCUT2D eigenvalue weighted by atomic mass is 10.1. The molecule has 0 fully saturated rings. The Bertz CT molecular complexity index is 665. The van der Waals surface area contributed by atoms with Gasteiger partial charge < -0.3 is 9.84 Å². The van der Waals surface area contributed by atoms with Gasteiger partial charge in [0.15, 0.2) is 0 Å². The molecule has 0 aliphatic rings. The van der Waals surface area contributed by atoms with Crippen molar-refractivity contribution in [2.75, 3.05) is 7.11 Å². The van der Waals surface area contributed by atoms with E-state index in [0.717, 1.165) is 6.20 Å². The first-order chi connectivity index (χ1) is 9.51. The first-order valence-electron chi connectivity index (χ1n) is 5.58. The number of carboxylic acid groups (broad SMARTS) is 1. The second-order valence-corrected chi connectivity index (χ2v) is 3.99. The molecule has 1 heterocycles. The van der Waals surface area contributed by atoms with Crippen LogP contribution in [-0.4, -0.2) is 32.9 Å². The van der Waals surface area contributed by atoms with Crippen LogP contribution in [0.25, 0.3) is 0 Å². The number of nitrogens with zero attached hydrogens (tertiary/aromatic N) is 3. The van der Waals surface area contributed by atoms with E-state index in [2.05, 4.69) is 5.10 Å². The zero-order chi connectivity index (χ0) is 14.7. The Hall–Kier alpha value is -2.90. The van der Waals surface area contributed by atoms with Gasteiger partial charge in [-0.1, -0.05) is 0 Å². The summed E-state index contributed by atoms with van der Waals surface area (Å²) in [7, 11) is 1.46. The highest BCUT2D eigenvalue weighted by atomic mass is 16.6. The summed E-state index contributed by atoms with van der Waals surface area (Å²) in [6.07, 6.45) is 2.40. The van der Waals surface area contributed by atoms with Gasteiger partial charge >= 0.3 is 11.7 Å². The summed E-state index contributed by atoms with van der Waals surface area (Å²) in [5, 5.41) is 23.4. The van der Waals surface area contributed by atoms with Crippen molar-refractivity contribution in [3.05, 3.63) is 51.8 Å². The van der Waals surface area contributed by atoms with Crippen molar-refractivity contribution in [1.29, 1.82) is 0 Å². The van der Waals surface area contributed by atoms with Crippen molar-refractivity contribution >= 4 is 11.7 Å². The minimum absolute atomic E-state index is 0.113. The van der Waals surface area contributed by atoms with E-state index in [-0.39, 0.29) is 17.8 Å². The molecule has 1 aromatic carbocycles. The number of hydrogen-bond acceptors (Lipinski definition) is 5. The van der Waals surface area contributed by atoms with E-state index in [0.29, 0.717) is 11.3 Å². The number of aromatic carboxylic acids is 1. The third kappa shape index (κ3) is 2.74. The molecule has 104 valence electrons. The molecule has 0 atom stereocenters. The Morgan fingerprint density at radius 2 is 2.30 bits per heavy atom. The maximum atomic E-state index is 10.9. The van der Waals surface area contributed by atoms with Crippen LogP contribution in [0.2, 0.25) is 0 Å². The molecule has 20 heavy (non-hydrogen) atoms. The van der Waals surface area contributed by atoms with Gasteiger partial charge in [0.05, 0.1) is 24.1 Å². The summed E-state index contributed by atoms with van der Waals surface area (Å²) in [5.41, 5.74) is 0.561. The van der Waals surface area contributed by atoms with Gasteiger partial charge in [0.1, 0.15) is 18.1 Å². The molecule has 2 rings (SSSR count). The van der Waals surface area contributed by atoms with Crippen LogP contribution in [0.3, 0.4) is 0 Å². The molecular weight excluding hydrogens is 266 g/mol. The van der Waals surface area contributed by atoms with Crippen molar-refractivity contribution in [3.8, 4) is 5.75 Å². The smallest absolute Gasteiger partial charge is 0.335 e. The number of carboxylic acids is 1. The average molecular weight is 277 g/mol. The Balaban J connectivity index is 2.32. The fourth-order valence-corrected chi connectivity index (χ4v) is 1.74. The van der Waals surface area contributed by atoms with Gasteiger partial charge in [0.25, 0.3) is 0 Å². The first-order valence-corrected chi connectivity index (χ1v) is 5.58. The number of benzene rings is 1. The van der Waals surface area contributed by atoms with Crippen LogP contribution >= 0.6 is 0 Å². The first kappa shape index (κ1) is 13.5. The van der Waals surface area contributed by atoms with E-state index < -0.39 is 10.9 Å². The lowest BCUT2D eigenvalue weighted by Gasteiger charge is -2.09. The Morgan fingerprint density at radius 3 is 2.85 bits per heavy atom. The lowest BCUT2D eigenvalue weighted by molar-refractivity contribution is -0.385. The fourth-order valence-electron chi connectivity index (χ4n) is 1.74. The van der Waals surface area contributed by atoms with Gasteiger partial charge in [-0.25, -0.2) is 4.79 Å². The van der Waals surface area contributed by atoms with Crippen molar-refractivity contribution in [3.63, 3.8) is 0 Å². The fraction of sp³-hybridized carbons (Fsp3) is 0.167. The summed E-state index contributed by atoms with van der Waals surface area (Å²) < 4.78 is 6.49. The topological polar surface area (TPSA) is 107 Å². The Kier molecular flexibility index (Phi) is 3.65. The normalized spacial score (nSPS) is 10.2. The minimum Gasteiger partial charge on any atom is -0.496 e. The quantitative estimate of drug-likeness (QED) is 0.656.